The number of carbonyl (C=O) groups is 3. The van der Waals surface area contributed by atoms with Gasteiger partial charge in [0.25, 0.3) is 0 Å². The lowest BCUT2D eigenvalue weighted by Crippen LogP contribution is -2.46. The van der Waals surface area contributed by atoms with Crippen molar-refractivity contribution in [2.24, 2.45) is 0 Å². The van der Waals surface area contributed by atoms with Gasteiger partial charge in [0.05, 0.1) is 19.6 Å². The lowest BCUT2D eigenvalue weighted by atomic mass is 10.4. The second kappa shape index (κ2) is 9.91. The Balaban J connectivity index is 2.30. The van der Waals surface area contributed by atoms with Gasteiger partial charge in [-0.3, -0.25) is 19.8 Å². The average molecular weight is 326 g/mol. The highest BCUT2D eigenvalue weighted by Gasteiger charge is 2.14. The fourth-order valence-corrected chi connectivity index (χ4v) is 2.37. The number of imide groups is 1. The van der Waals surface area contributed by atoms with Gasteiger partial charge in [-0.15, -0.1) is 11.3 Å². The minimum absolute atomic E-state index is 0.0000558. The number of carbonyl (C=O) groups excluding carboxylic acids is 3. The number of rotatable bonds is 8. The number of nitrogens with one attached hydrogen (secondary N) is 3. The number of thiophene rings is 1. The largest absolute Gasteiger partial charge is 0.355 e. The molecule has 122 valence electrons. The van der Waals surface area contributed by atoms with Crippen LogP contribution in [0.4, 0.5) is 4.79 Å². The molecule has 1 aromatic rings. The summed E-state index contributed by atoms with van der Waals surface area (Å²) in [5.41, 5.74) is 0. The highest BCUT2D eigenvalue weighted by Crippen LogP contribution is 2.06. The van der Waals surface area contributed by atoms with E-state index in [-0.39, 0.29) is 19.0 Å². The van der Waals surface area contributed by atoms with Crippen molar-refractivity contribution >= 4 is 29.2 Å². The fourth-order valence-electron chi connectivity index (χ4n) is 1.73. The van der Waals surface area contributed by atoms with Crippen molar-refractivity contribution in [3.63, 3.8) is 0 Å². The van der Waals surface area contributed by atoms with E-state index in [9.17, 15) is 14.4 Å². The van der Waals surface area contributed by atoms with Gasteiger partial charge in [0.1, 0.15) is 0 Å². The smallest absolute Gasteiger partial charge is 0.321 e. The first-order valence-corrected chi connectivity index (χ1v) is 8.02. The summed E-state index contributed by atoms with van der Waals surface area (Å²) in [6.07, 6.45) is 0. The van der Waals surface area contributed by atoms with E-state index in [1.165, 1.54) is 11.3 Å². The van der Waals surface area contributed by atoms with Crippen LogP contribution in [0.2, 0.25) is 0 Å². The number of amides is 4. The fraction of sp³-hybridized carbons (Fsp3) is 0.500. The lowest BCUT2D eigenvalue weighted by molar-refractivity contribution is -0.124. The van der Waals surface area contributed by atoms with Crippen molar-refractivity contribution in [2.75, 3.05) is 26.2 Å². The minimum Gasteiger partial charge on any atom is -0.355 e. The first kappa shape index (κ1) is 18.1. The van der Waals surface area contributed by atoms with Gasteiger partial charge in [-0.05, 0) is 24.9 Å². The summed E-state index contributed by atoms with van der Waals surface area (Å²) < 4.78 is 0. The van der Waals surface area contributed by atoms with Crippen LogP contribution in [0.3, 0.4) is 0 Å². The number of hydrogen-bond acceptors (Lipinski definition) is 5. The Morgan fingerprint density at radius 2 is 1.86 bits per heavy atom. The zero-order chi connectivity index (χ0) is 16.4. The molecule has 0 atom stereocenters. The minimum atomic E-state index is -0.535. The highest BCUT2D eigenvalue weighted by atomic mass is 32.1. The lowest BCUT2D eigenvalue weighted by Gasteiger charge is -2.18. The molecule has 4 amide bonds. The van der Waals surface area contributed by atoms with E-state index >= 15 is 0 Å². The standard InChI is InChI=1S/C14H22N4O3S/c1-3-15-12(19)9-18(4-2)10-13(20)17-14(21)16-8-11-6-5-7-22-11/h5-7H,3-4,8-10H2,1-2H3,(H,15,19)(H2,16,17,20,21). The van der Waals surface area contributed by atoms with Crippen molar-refractivity contribution < 1.29 is 14.4 Å². The number of nitrogens with zero attached hydrogens (tertiary/aromatic N) is 1. The SMILES string of the molecule is CCNC(=O)CN(CC)CC(=O)NC(=O)NCc1cccs1. The topological polar surface area (TPSA) is 90.5 Å². The normalized spacial score (nSPS) is 10.3. The van der Waals surface area contributed by atoms with Crippen molar-refractivity contribution in [1.29, 1.82) is 0 Å². The Morgan fingerprint density at radius 3 is 2.45 bits per heavy atom. The van der Waals surface area contributed by atoms with Crippen molar-refractivity contribution in [3.8, 4) is 0 Å². The number of hydrogen-bond donors (Lipinski definition) is 3. The molecule has 7 nitrogen and oxygen atoms in total. The maximum Gasteiger partial charge on any atom is 0.321 e. The molecule has 0 aliphatic carbocycles. The van der Waals surface area contributed by atoms with Crippen molar-refractivity contribution in [2.45, 2.75) is 20.4 Å². The van der Waals surface area contributed by atoms with E-state index in [1.54, 1.807) is 4.90 Å². The molecule has 0 aliphatic heterocycles. The predicted molar refractivity (Wildman–Crippen MR) is 85.5 cm³/mol. The van der Waals surface area contributed by atoms with Crippen molar-refractivity contribution in [3.05, 3.63) is 22.4 Å². The zero-order valence-electron chi connectivity index (χ0n) is 12.8. The van der Waals surface area contributed by atoms with E-state index in [0.717, 1.165) is 4.88 Å². The monoisotopic (exact) mass is 326 g/mol. The van der Waals surface area contributed by atoms with E-state index < -0.39 is 11.9 Å². The molecule has 1 aromatic heterocycles. The molecule has 0 unspecified atom stereocenters. The van der Waals surface area contributed by atoms with Crippen LogP contribution in [0.5, 0.6) is 0 Å². The van der Waals surface area contributed by atoms with Gasteiger partial charge in [0, 0.05) is 11.4 Å². The molecule has 22 heavy (non-hydrogen) atoms. The average Bonchev–Trinajstić information content (AvgIpc) is 2.97. The van der Waals surface area contributed by atoms with E-state index in [4.69, 9.17) is 0 Å². The van der Waals surface area contributed by atoms with Gasteiger partial charge >= 0.3 is 6.03 Å². The third-order valence-corrected chi connectivity index (χ3v) is 3.69. The van der Waals surface area contributed by atoms with Gasteiger partial charge in [-0.25, -0.2) is 4.79 Å². The van der Waals surface area contributed by atoms with Crippen LogP contribution in [-0.4, -0.2) is 48.9 Å². The summed E-state index contributed by atoms with van der Waals surface area (Å²) in [4.78, 5) is 37.5. The molecule has 0 saturated carbocycles. The van der Waals surface area contributed by atoms with Crippen LogP contribution in [-0.2, 0) is 16.1 Å². The molecule has 0 fully saturated rings. The molecule has 8 heteroatoms. The molecule has 1 heterocycles. The van der Waals surface area contributed by atoms with Gasteiger partial charge in [0.15, 0.2) is 0 Å². The first-order chi connectivity index (χ1) is 10.5. The summed E-state index contributed by atoms with van der Waals surface area (Å²) in [5, 5.41) is 9.45. The maximum atomic E-state index is 11.8. The molecule has 0 saturated heterocycles. The summed E-state index contributed by atoms with van der Waals surface area (Å²) in [6, 6.07) is 3.26. The van der Waals surface area contributed by atoms with Crippen LogP contribution in [0.1, 0.15) is 18.7 Å². The van der Waals surface area contributed by atoms with E-state index in [1.807, 2.05) is 31.4 Å². The third-order valence-electron chi connectivity index (χ3n) is 2.81. The Hall–Kier alpha value is -1.93. The Morgan fingerprint density at radius 1 is 1.14 bits per heavy atom. The molecular weight excluding hydrogens is 304 g/mol. The van der Waals surface area contributed by atoms with E-state index in [2.05, 4.69) is 16.0 Å². The molecule has 0 aliphatic rings. The van der Waals surface area contributed by atoms with Crippen LogP contribution >= 0.6 is 11.3 Å². The predicted octanol–water partition coefficient (Wildman–Crippen LogP) is 0.532. The number of urea groups is 1. The Bertz CT molecular complexity index is 490. The van der Waals surface area contributed by atoms with Crippen molar-refractivity contribution in [1.82, 2.24) is 20.9 Å². The summed E-state index contributed by atoms with van der Waals surface area (Å²) in [5.74, 6) is -0.575. The van der Waals surface area contributed by atoms with E-state index in [0.29, 0.717) is 19.6 Å². The van der Waals surface area contributed by atoms with Gasteiger partial charge in [0.2, 0.25) is 11.8 Å². The van der Waals surface area contributed by atoms with Gasteiger partial charge in [-0.2, -0.15) is 0 Å². The molecule has 0 bridgehead atoms. The molecule has 1 rings (SSSR count). The second-order valence-electron chi connectivity index (χ2n) is 4.57. The van der Waals surface area contributed by atoms with Crippen LogP contribution in [0.15, 0.2) is 17.5 Å². The zero-order valence-corrected chi connectivity index (χ0v) is 13.7. The number of likely N-dealkylation sites (N-methyl/N-ethyl adjacent to an activating group) is 2. The van der Waals surface area contributed by atoms with Crippen LogP contribution in [0.25, 0.3) is 0 Å². The molecular formula is C14H22N4O3S. The van der Waals surface area contributed by atoms with Gasteiger partial charge in [-0.1, -0.05) is 13.0 Å². The molecule has 0 radical (unpaired) electrons. The Labute approximate surface area is 134 Å². The first-order valence-electron chi connectivity index (χ1n) is 7.14. The maximum absolute atomic E-state index is 11.8. The second-order valence-corrected chi connectivity index (χ2v) is 5.60. The summed E-state index contributed by atoms with van der Waals surface area (Å²) >= 11 is 1.53. The summed E-state index contributed by atoms with van der Waals surface area (Å²) in [7, 11) is 0. The quantitative estimate of drug-likeness (QED) is 0.650. The van der Waals surface area contributed by atoms with Crippen LogP contribution < -0.4 is 16.0 Å². The highest BCUT2D eigenvalue weighted by molar-refractivity contribution is 7.09. The van der Waals surface area contributed by atoms with Crippen LogP contribution in [0, 0.1) is 0 Å². The van der Waals surface area contributed by atoms with Gasteiger partial charge < -0.3 is 10.6 Å². The molecule has 0 aromatic carbocycles. The Kier molecular flexibility index (Phi) is 8.16. The molecule has 3 N–H and O–H groups in total. The third kappa shape index (κ3) is 7.19. The molecule has 0 spiro atoms. The summed E-state index contributed by atoms with van der Waals surface area (Å²) in [6.45, 7) is 5.29.